The van der Waals surface area contributed by atoms with E-state index < -0.39 is 10.0 Å². The number of ether oxygens (including phenoxy) is 2. The van der Waals surface area contributed by atoms with Crippen LogP contribution in [0.5, 0.6) is 5.75 Å². The van der Waals surface area contributed by atoms with Gasteiger partial charge >= 0.3 is 0 Å². The van der Waals surface area contributed by atoms with E-state index in [2.05, 4.69) is 10.6 Å². The van der Waals surface area contributed by atoms with E-state index in [1.54, 1.807) is 30.3 Å². The molecule has 1 saturated heterocycles. The second-order valence-electron chi connectivity index (χ2n) is 6.47. The third-order valence-electron chi connectivity index (χ3n) is 4.50. The van der Waals surface area contributed by atoms with Crippen LogP contribution in [0.3, 0.4) is 0 Å². The number of nitriles is 1. The van der Waals surface area contributed by atoms with Gasteiger partial charge in [0, 0.05) is 24.5 Å². The van der Waals surface area contributed by atoms with Crippen LogP contribution in [-0.4, -0.2) is 58.6 Å². The molecule has 0 aliphatic carbocycles. The molecule has 10 heteroatoms. The van der Waals surface area contributed by atoms with Crippen molar-refractivity contribution >= 4 is 27.3 Å². The highest BCUT2D eigenvalue weighted by atomic mass is 32.2. The molecule has 0 aromatic heterocycles. The number of hydrogen-bond donors (Lipinski definition) is 2. The van der Waals surface area contributed by atoms with Crippen molar-refractivity contribution in [2.75, 3.05) is 50.6 Å². The smallest absolute Gasteiger partial charge is 0.246 e. The Morgan fingerprint density at radius 1 is 1.17 bits per heavy atom. The van der Waals surface area contributed by atoms with Gasteiger partial charge < -0.3 is 20.1 Å². The van der Waals surface area contributed by atoms with E-state index in [9.17, 15) is 13.2 Å². The van der Waals surface area contributed by atoms with Crippen LogP contribution in [0, 0.1) is 11.3 Å². The van der Waals surface area contributed by atoms with Gasteiger partial charge in [0.15, 0.2) is 0 Å². The first-order valence-corrected chi connectivity index (χ1v) is 10.7. The van der Waals surface area contributed by atoms with E-state index in [4.69, 9.17) is 14.7 Å². The van der Waals surface area contributed by atoms with Crippen LogP contribution >= 0.6 is 0 Å². The quantitative estimate of drug-likeness (QED) is 0.685. The Morgan fingerprint density at radius 2 is 1.83 bits per heavy atom. The van der Waals surface area contributed by atoms with Crippen LogP contribution in [0.2, 0.25) is 0 Å². The van der Waals surface area contributed by atoms with E-state index >= 15 is 0 Å². The predicted molar refractivity (Wildman–Crippen MR) is 111 cm³/mol. The maximum atomic E-state index is 13.0. The van der Waals surface area contributed by atoms with Gasteiger partial charge in [0.1, 0.15) is 10.6 Å². The molecule has 1 heterocycles. The number of carbonyl (C=O) groups is 1. The molecular weight excluding hydrogens is 408 g/mol. The first-order valence-electron chi connectivity index (χ1n) is 9.24. The topological polar surface area (TPSA) is 121 Å². The average Bonchev–Trinajstić information content (AvgIpc) is 2.78. The largest absolute Gasteiger partial charge is 0.495 e. The van der Waals surface area contributed by atoms with Crippen LogP contribution in [0.25, 0.3) is 0 Å². The summed E-state index contributed by atoms with van der Waals surface area (Å²) >= 11 is 0. The molecule has 1 aliphatic rings. The van der Waals surface area contributed by atoms with Crippen LogP contribution in [0.15, 0.2) is 47.4 Å². The number of morpholine rings is 1. The standard InChI is InChI=1S/C20H22N4O5S/c1-28-18-7-6-17(12-19(18)30(26,27)24-8-10-29-11-9-24)23-20(25)14-22-16-4-2-15(13-21)3-5-16/h2-7,12,22H,8-11,14H2,1H3,(H,23,25). The van der Waals surface area contributed by atoms with Gasteiger partial charge in [-0.15, -0.1) is 0 Å². The molecule has 0 atom stereocenters. The minimum Gasteiger partial charge on any atom is -0.495 e. The molecule has 9 nitrogen and oxygen atoms in total. The SMILES string of the molecule is COc1ccc(NC(=O)CNc2ccc(C#N)cc2)cc1S(=O)(=O)N1CCOCC1. The van der Waals surface area contributed by atoms with Gasteiger partial charge in [-0.1, -0.05) is 0 Å². The zero-order chi connectivity index (χ0) is 21.6. The van der Waals surface area contributed by atoms with Crippen LogP contribution in [-0.2, 0) is 19.6 Å². The van der Waals surface area contributed by atoms with Crippen molar-refractivity contribution in [3.63, 3.8) is 0 Å². The molecular formula is C20H22N4O5S. The van der Waals surface area contributed by atoms with Crippen molar-refractivity contribution in [2.24, 2.45) is 0 Å². The summed E-state index contributed by atoms with van der Waals surface area (Å²) in [5.41, 5.74) is 1.56. The molecule has 2 N–H and O–H groups in total. The molecule has 0 spiro atoms. The number of nitrogens with zero attached hydrogens (tertiary/aromatic N) is 2. The van der Waals surface area contributed by atoms with Gasteiger partial charge in [-0.3, -0.25) is 4.79 Å². The first kappa shape index (κ1) is 21.6. The molecule has 1 aliphatic heterocycles. The number of methoxy groups -OCH3 is 1. The van der Waals surface area contributed by atoms with Crippen molar-refractivity contribution in [1.29, 1.82) is 5.26 Å². The summed E-state index contributed by atoms with van der Waals surface area (Å²) in [6.07, 6.45) is 0. The molecule has 1 amide bonds. The van der Waals surface area contributed by atoms with E-state index in [0.717, 1.165) is 0 Å². The van der Waals surface area contributed by atoms with Gasteiger partial charge in [-0.2, -0.15) is 9.57 Å². The molecule has 30 heavy (non-hydrogen) atoms. The summed E-state index contributed by atoms with van der Waals surface area (Å²) in [6.45, 7) is 1.16. The number of sulfonamides is 1. The minimum absolute atomic E-state index is 0.00949. The lowest BCUT2D eigenvalue weighted by Crippen LogP contribution is -2.40. The first-order chi connectivity index (χ1) is 14.4. The zero-order valence-corrected chi connectivity index (χ0v) is 17.2. The molecule has 3 rings (SSSR count). The van der Waals surface area contributed by atoms with Crippen LogP contribution < -0.4 is 15.4 Å². The monoisotopic (exact) mass is 430 g/mol. The van der Waals surface area contributed by atoms with Gasteiger partial charge in [0.25, 0.3) is 0 Å². The van der Waals surface area contributed by atoms with Gasteiger partial charge in [0.05, 0.1) is 38.5 Å². The molecule has 0 bridgehead atoms. The van der Waals surface area contributed by atoms with Crippen molar-refractivity contribution in [3.05, 3.63) is 48.0 Å². The minimum atomic E-state index is -3.79. The molecule has 2 aromatic carbocycles. The number of anilines is 2. The fourth-order valence-corrected chi connectivity index (χ4v) is 4.52. The summed E-state index contributed by atoms with van der Waals surface area (Å²) in [5.74, 6) is -0.144. The fraction of sp³-hybridized carbons (Fsp3) is 0.300. The third kappa shape index (κ3) is 5.07. The Bertz CT molecular complexity index is 1040. The average molecular weight is 430 g/mol. The lowest BCUT2D eigenvalue weighted by atomic mass is 10.2. The number of hydrogen-bond acceptors (Lipinski definition) is 7. The van der Waals surface area contributed by atoms with E-state index in [1.807, 2.05) is 6.07 Å². The summed E-state index contributed by atoms with van der Waals surface area (Å²) in [6, 6.07) is 13.2. The highest BCUT2D eigenvalue weighted by Crippen LogP contribution is 2.30. The molecule has 0 unspecified atom stereocenters. The Hall–Kier alpha value is -3.13. The molecule has 0 radical (unpaired) electrons. The Labute approximate surface area is 175 Å². The third-order valence-corrected chi connectivity index (χ3v) is 6.42. The summed E-state index contributed by atoms with van der Waals surface area (Å²) in [4.78, 5) is 12.3. The lowest BCUT2D eigenvalue weighted by molar-refractivity contribution is -0.114. The molecule has 0 saturated carbocycles. The summed E-state index contributed by atoms with van der Waals surface area (Å²) in [7, 11) is -2.39. The number of amides is 1. The fourth-order valence-electron chi connectivity index (χ4n) is 2.93. The lowest BCUT2D eigenvalue weighted by Gasteiger charge is -2.26. The summed E-state index contributed by atoms with van der Waals surface area (Å²) in [5, 5.41) is 14.4. The van der Waals surface area contributed by atoms with E-state index in [1.165, 1.54) is 23.5 Å². The molecule has 2 aromatic rings. The predicted octanol–water partition coefficient (Wildman–Crippen LogP) is 1.64. The zero-order valence-electron chi connectivity index (χ0n) is 16.4. The molecule has 158 valence electrons. The number of nitrogens with one attached hydrogen (secondary N) is 2. The van der Waals surface area contributed by atoms with E-state index in [-0.39, 0.29) is 36.2 Å². The highest BCUT2D eigenvalue weighted by molar-refractivity contribution is 7.89. The van der Waals surface area contributed by atoms with Gasteiger partial charge in [-0.25, -0.2) is 8.42 Å². The van der Waals surface area contributed by atoms with Crippen molar-refractivity contribution in [3.8, 4) is 11.8 Å². The molecule has 1 fully saturated rings. The highest BCUT2D eigenvalue weighted by Gasteiger charge is 2.29. The Morgan fingerprint density at radius 3 is 2.47 bits per heavy atom. The van der Waals surface area contributed by atoms with Crippen molar-refractivity contribution < 1.29 is 22.7 Å². The Kier molecular flexibility index (Phi) is 6.89. The second kappa shape index (κ2) is 9.58. The van der Waals surface area contributed by atoms with Gasteiger partial charge in [0.2, 0.25) is 15.9 Å². The second-order valence-corrected chi connectivity index (χ2v) is 8.38. The van der Waals surface area contributed by atoms with Crippen LogP contribution in [0.4, 0.5) is 11.4 Å². The van der Waals surface area contributed by atoms with Crippen molar-refractivity contribution in [2.45, 2.75) is 4.90 Å². The number of rotatable bonds is 7. The normalized spacial score (nSPS) is 14.5. The maximum Gasteiger partial charge on any atom is 0.246 e. The number of carbonyl (C=O) groups excluding carboxylic acids is 1. The Balaban J connectivity index is 1.70. The maximum absolute atomic E-state index is 13.0. The number of benzene rings is 2. The van der Waals surface area contributed by atoms with Crippen LogP contribution in [0.1, 0.15) is 5.56 Å². The van der Waals surface area contributed by atoms with E-state index in [0.29, 0.717) is 30.2 Å². The summed E-state index contributed by atoms with van der Waals surface area (Å²) < 4.78 is 37.8. The van der Waals surface area contributed by atoms with Gasteiger partial charge in [-0.05, 0) is 42.5 Å². The van der Waals surface area contributed by atoms with Crippen molar-refractivity contribution in [1.82, 2.24) is 4.31 Å².